The van der Waals surface area contributed by atoms with Gasteiger partial charge in [-0.3, -0.25) is 0 Å². The number of hydrogen-bond acceptors (Lipinski definition) is 4. The molecule has 0 saturated heterocycles. The van der Waals surface area contributed by atoms with Crippen LogP contribution >= 0.6 is 11.6 Å². The third-order valence-corrected chi connectivity index (χ3v) is 4.05. The Kier molecular flexibility index (Phi) is 4.48. The normalized spacial score (nSPS) is 13.1. The fraction of sp³-hybridized carbons (Fsp3) is 0.300. The van der Waals surface area contributed by atoms with Gasteiger partial charge < -0.3 is 5.11 Å². The SMILES string of the molecule is C[C@@H](CO)NS(=O)(=O)c1cc(C#N)ccc1Cl. The summed E-state index contributed by atoms with van der Waals surface area (Å²) in [4.78, 5) is -0.168. The summed E-state index contributed by atoms with van der Waals surface area (Å²) in [6, 6.07) is 5.17. The quantitative estimate of drug-likeness (QED) is 0.852. The van der Waals surface area contributed by atoms with Crippen LogP contribution in [0.1, 0.15) is 12.5 Å². The topological polar surface area (TPSA) is 90.2 Å². The van der Waals surface area contributed by atoms with Crippen LogP contribution in [0.15, 0.2) is 23.1 Å². The van der Waals surface area contributed by atoms with E-state index in [-0.39, 0.29) is 22.1 Å². The highest BCUT2D eigenvalue weighted by molar-refractivity contribution is 7.89. The molecule has 0 amide bonds. The maximum Gasteiger partial charge on any atom is 0.242 e. The van der Waals surface area contributed by atoms with Crippen molar-refractivity contribution in [3.8, 4) is 6.07 Å². The zero-order valence-electron chi connectivity index (χ0n) is 9.01. The molecule has 92 valence electrons. The highest BCUT2D eigenvalue weighted by atomic mass is 35.5. The highest BCUT2D eigenvalue weighted by Crippen LogP contribution is 2.22. The lowest BCUT2D eigenvalue weighted by Gasteiger charge is -2.12. The van der Waals surface area contributed by atoms with Crippen LogP contribution in [0.3, 0.4) is 0 Å². The molecule has 2 N–H and O–H groups in total. The molecule has 0 radical (unpaired) electrons. The van der Waals surface area contributed by atoms with Crippen LogP contribution in [-0.2, 0) is 10.0 Å². The monoisotopic (exact) mass is 274 g/mol. The molecule has 0 heterocycles. The lowest BCUT2D eigenvalue weighted by molar-refractivity contribution is 0.265. The van der Waals surface area contributed by atoms with Crippen LogP contribution < -0.4 is 4.72 Å². The van der Waals surface area contributed by atoms with Gasteiger partial charge in [-0.2, -0.15) is 5.26 Å². The van der Waals surface area contributed by atoms with Gasteiger partial charge in [0.25, 0.3) is 0 Å². The van der Waals surface area contributed by atoms with Crippen molar-refractivity contribution in [3.05, 3.63) is 28.8 Å². The fourth-order valence-electron chi connectivity index (χ4n) is 1.14. The van der Waals surface area contributed by atoms with Gasteiger partial charge in [0, 0.05) is 6.04 Å². The summed E-state index contributed by atoms with van der Waals surface area (Å²) < 4.78 is 26.0. The van der Waals surface area contributed by atoms with Crippen LogP contribution in [0.25, 0.3) is 0 Å². The van der Waals surface area contributed by atoms with E-state index in [0.717, 1.165) is 0 Å². The molecule has 1 aromatic carbocycles. The van der Waals surface area contributed by atoms with Gasteiger partial charge in [-0.15, -0.1) is 0 Å². The zero-order chi connectivity index (χ0) is 13.1. The van der Waals surface area contributed by atoms with E-state index in [9.17, 15) is 8.42 Å². The van der Waals surface area contributed by atoms with E-state index in [1.54, 1.807) is 0 Å². The van der Waals surface area contributed by atoms with Crippen molar-refractivity contribution in [2.45, 2.75) is 17.9 Å². The third-order valence-electron chi connectivity index (χ3n) is 1.98. The van der Waals surface area contributed by atoms with Crippen molar-refractivity contribution in [1.29, 1.82) is 5.26 Å². The molecule has 1 rings (SSSR count). The Hall–Kier alpha value is -1.13. The highest BCUT2D eigenvalue weighted by Gasteiger charge is 2.20. The molecule has 17 heavy (non-hydrogen) atoms. The van der Waals surface area contributed by atoms with Gasteiger partial charge in [0.2, 0.25) is 10.0 Å². The predicted octanol–water partition coefficient (Wildman–Crippen LogP) is 0.871. The van der Waals surface area contributed by atoms with Crippen LogP contribution in [0.5, 0.6) is 0 Å². The molecule has 5 nitrogen and oxygen atoms in total. The first kappa shape index (κ1) is 13.9. The number of benzene rings is 1. The fourth-order valence-corrected chi connectivity index (χ4v) is 2.90. The Labute approximate surface area is 105 Å². The average molecular weight is 275 g/mol. The van der Waals surface area contributed by atoms with Crippen molar-refractivity contribution < 1.29 is 13.5 Å². The molecule has 1 atom stereocenters. The molecular weight excluding hydrogens is 264 g/mol. The summed E-state index contributed by atoms with van der Waals surface area (Å²) in [5, 5.41) is 17.5. The molecule has 0 spiro atoms. The Bertz CT molecular complexity index is 551. The first-order valence-electron chi connectivity index (χ1n) is 4.73. The second-order valence-electron chi connectivity index (χ2n) is 3.46. The first-order chi connectivity index (χ1) is 7.90. The molecular formula is C10H11ClN2O3S. The Morgan fingerprint density at radius 3 is 2.76 bits per heavy atom. The summed E-state index contributed by atoms with van der Waals surface area (Å²) in [6.45, 7) is 1.19. The molecule has 0 fully saturated rings. The molecule has 0 bridgehead atoms. The molecule has 0 saturated carbocycles. The Morgan fingerprint density at radius 2 is 2.24 bits per heavy atom. The summed E-state index contributed by atoms with van der Waals surface area (Å²) in [7, 11) is -3.83. The van der Waals surface area contributed by atoms with Crippen LogP contribution in [0.4, 0.5) is 0 Å². The van der Waals surface area contributed by atoms with E-state index in [2.05, 4.69) is 4.72 Å². The van der Waals surface area contributed by atoms with E-state index in [1.807, 2.05) is 6.07 Å². The number of aliphatic hydroxyl groups excluding tert-OH is 1. The molecule has 1 aromatic rings. The first-order valence-corrected chi connectivity index (χ1v) is 6.59. The van der Waals surface area contributed by atoms with Gasteiger partial charge >= 0.3 is 0 Å². The minimum atomic E-state index is -3.83. The van der Waals surface area contributed by atoms with Crippen LogP contribution in [0.2, 0.25) is 5.02 Å². The van der Waals surface area contributed by atoms with E-state index in [4.69, 9.17) is 22.0 Å². The lowest BCUT2D eigenvalue weighted by atomic mass is 10.2. The van der Waals surface area contributed by atoms with Crippen molar-refractivity contribution in [2.24, 2.45) is 0 Å². The molecule has 0 aromatic heterocycles. The largest absolute Gasteiger partial charge is 0.395 e. The van der Waals surface area contributed by atoms with Crippen molar-refractivity contribution in [1.82, 2.24) is 4.72 Å². The van der Waals surface area contributed by atoms with Crippen molar-refractivity contribution in [2.75, 3.05) is 6.61 Å². The number of nitrogens with one attached hydrogen (secondary N) is 1. The molecule has 0 aliphatic rings. The van der Waals surface area contributed by atoms with Gasteiger partial charge in [0.05, 0.1) is 23.3 Å². The van der Waals surface area contributed by atoms with Gasteiger partial charge in [0.1, 0.15) is 4.90 Å². The second-order valence-corrected chi connectivity index (χ2v) is 5.55. The van der Waals surface area contributed by atoms with Gasteiger partial charge in [-0.25, -0.2) is 13.1 Å². The van der Waals surface area contributed by atoms with Gasteiger partial charge in [-0.1, -0.05) is 11.6 Å². The minimum absolute atomic E-state index is 0.0293. The Morgan fingerprint density at radius 1 is 1.59 bits per heavy atom. The smallest absolute Gasteiger partial charge is 0.242 e. The van der Waals surface area contributed by atoms with Crippen LogP contribution in [-0.4, -0.2) is 26.2 Å². The van der Waals surface area contributed by atoms with Crippen LogP contribution in [0, 0.1) is 11.3 Å². The number of halogens is 1. The predicted molar refractivity (Wildman–Crippen MR) is 63.0 cm³/mol. The summed E-state index contributed by atoms with van der Waals surface area (Å²) in [5.74, 6) is 0. The second kappa shape index (κ2) is 5.47. The number of nitrogens with zero attached hydrogens (tertiary/aromatic N) is 1. The summed E-state index contributed by atoms with van der Waals surface area (Å²) >= 11 is 5.77. The Balaban J connectivity index is 3.19. The number of nitriles is 1. The number of hydrogen-bond donors (Lipinski definition) is 2. The van der Waals surface area contributed by atoms with E-state index < -0.39 is 16.1 Å². The van der Waals surface area contributed by atoms with Crippen molar-refractivity contribution >= 4 is 21.6 Å². The molecule has 7 heteroatoms. The summed E-state index contributed by atoms with van der Waals surface area (Å²) in [6.07, 6.45) is 0. The van der Waals surface area contributed by atoms with Gasteiger partial charge in [0.15, 0.2) is 0 Å². The summed E-state index contributed by atoms with van der Waals surface area (Å²) in [5.41, 5.74) is 0.200. The lowest BCUT2D eigenvalue weighted by Crippen LogP contribution is -2.35. The maximum atomic E-state index is 11.9. The molecule has 0 aliphatic heterocycles. The van der Waals surface area contributed by atoms with E-state index in [1.165, 1.54) is 25.1 Å². The van der Waals surface area contributed by atoms with E-state index in [0.29, 0.717) is 0 Å². The standard InChI is InChI=1S/C10H11ClN2O3S/c1-7(6-14)13-17(15,16)10-4-8(5-12)2-3-9(10)11/h2-4,7,13-14H,6H2,1H3/t7-/m0/s1. The minimum Gasteiger partial charge on any atom is -0.395 e. The van der Waals surface area contributed by atoms with E-state index >= 15 is 0 Å². The molecule has 0 unspecified atom stereocenters. The van der Waals surface area contributed by atoms with Crippen molar-refractivity contribution in [3.63, 3.8) is 0 Å². The number of aliphatic hydroxyl groups is 1. The number of sulfonamides is 1. The zero-order valence-corrected chi connectivity index (χ0v) is 10.6. The number of rotatable bonds is 4. The van der Waals surface area contributed by atoms with Gasteiger partial charge in [-0.05, 0) is 25.1 Å². The maximum absolute atomic E-state index is 11.9. The average Bonchev–Trinajstić information content (AvgIpc) is 2.28. The molecule has 0 aliphatic carbocycles. The third kappa shape index (κ3) is 3.41.